The Morgan fingerprint density at radius 1 is 1.42 bits per heavy atom. The number of fused-ring (bicyclic) bond motifs is 1. The minimum absolute atomic E-state index is 0.391. The molecule has 0 radical (unpaired) electrons. The van der Waals surface area contributed by atoms with Crippen LogP contribution in [0.4, 0.5) is 0 Å². The second kappa shape index (κ2) is 5.97. The molecule has 4 nitrogen and oxygen atoms in total. The van der Waals surface area contributed by atoms with Crippen LogP contribution in [0, 0.1) is 0 Å². The zero-order valence-electron chi connectivity index (χ0n) is 12.5. The van der Waals surface area contributed by atoms with Gasteiger partial charge in [0, 0.05) is 30.1 Å². The van der Waals surface area contributed by atoms with Crippen molar-refractivity contribution >= 4 is 0 Å². The van der Waals surface area contributed by atoms with Gasteiger partial charge >= 0.3 is 0 Å². The minimum Gasteiger partial charge on any atom is -0.368 e. The summed E-state index contributed by atoms with van der Waals surface area (Å²) in [5.41, 5.74) is 2.04. The molecule has 1 aliphatic rings. The van der Waals surface area contributed by atoms with Crippen LogP contribution in [-0.2, 0) is 16.8 Å². The quantitative estimate of drug-likeness (QED) is 0.849. The highest BCUT2D eigenvalue weighted by Gasteiger charge is 2.27. The molecule has 0 saturated carbocycles. The molecule has 0 aromatic carbocycles. The number of ether oxygens (including phenoxy) is 1. The second-order valence-electron chi connectivity index (χ2n) is 5.63. The predicted octanol–water partition coefficient (Wildman–Crippen LogP) is 2.74. The topological polar surface area (TPSA) is 47.0 Å². The maximum Gasteiger partial charge on any atom is 0.159 e. The number of nitrogens with one attached hydrogen (secondary N) is 1. The number of hydrogen-bond donors (Lipinski definition) is 1. The Balaban J connectivity index is 2.35. The molecule has 4 heteroatoms. The lowest BCUT2D eigenvalue weighted by Crippen LogP contribution is -2.26. The van der Waals surface area contributed by atoms with E-state index in [2.05, 4.69) is 10.3 Å². The normalized spacial score (nSPS) is 19.9. The van der Waals surface area contributed by atoms with E-state index in [1.54, 1.807) is 0 Å². The zero-order chi connectivity index (χ0) is 13.9. The monoisotopic (exact) mass is 263 g/mol. The lowest BCUT2D eigenvalue weighted by atomic mass is 10.0. The smallest absolute Gasteiger partial charge is 0.159 e. The average Bonchev–Trinajstić information content (AvgIpc) is 2.59. The van der Waals surface area contributed by atoms with Gasteiger partial charge in [0.05, 0.1) is 0 Å². The molecule has 19 heavy (non-hydrogen) atoms. The van der Waals surface area contributed by atoms with Gasteiger partial charge in [-0.3, -0.25) is 0 Å². The summed E-state index contributed by atoms with van der Waals surface area (Å²) in [7, 11) is 2.01. The van der Waals surface area contributed by atoms with E-state index >= 15 is 0 Å². The van der Waals surface area contributed by atoms with Crippen molar-refractivity contribution in [2.24, 2.45) is 0 Å². The Hall–Kier alpha value is -1.00. The van der Waals surface area contributed by atoms with E-state index in [1.807, 2.05) is 34.0 Å². The second-order valence-corrected chi connectivity index (χ2v) is 5.63. The van der Waals surface area contributed by atoms with Gasteiger partial charge in [-0.05, 0) is 47.1 Å². The third-order valence-electron chi connectivity index (χ3n) is 3.82. The predicted molar refractivity (Wildman–Crippen MR) is 76.0 cm³/mol. The fourth-order valence-corrected chi connectivity index (χ4v) is 2.73. The molecular formula is C15H25N3O. The first-order chi connectivity index (χ1) is 9.08. The first-order valence-electron chi connectivity index (χ1n) is 7.26. The highest BCUT2D eigenvalue weighted by Crippen LogP contribution is 2.29. The van der Waals surface area contributed by atoms with Gasteiger partial charge < -0.3 is 10.1 Å². The van der Waals surface area contributed by atoms with Crippen LogP contribution in [0.15, 0.2) is 6.20 Å². The summed E-state index contributed by atoms with van der Waals surface area (Å²) in [6.07, 6.45) is 6.65. The summed E-state index contributed by atoms with van der Waals surface area (Å²) in [6.45, 7) is 6.74. The molecule has 1 N–H and O–H groups in total. The van der Waals surface area contributed by atoms with Crippen LogP contribution in [0.2, 0.25) is 0 Å². The van der Waals surface area contributed by atoms with Gasteiger partial charge in [0.25, 0.3) is 0 Å². The van der Waals surface area contributed by atoms with E-state index < -0.39 is 5.60 Å². The Morgan fingerprint density at radius 3 is 2.89 bits per heavy atom. The standard InChI is InChI=1S/C15H25N3O/c1-5-19-15(2,3)14-17-10-11-12(16-4)8-6-7-9-13(11)18-14/h10,12,16H,5-9H2,1-4H3. The van der Waals surface area contributed by atoms with E-state index in [-0.39, 0.29) is 0 Å². The van der Waals surface area contributed by atoms with E-state index in [9.17, 15) is 0 Å². The van der Waals surface area contributed by atoms with Gasteiger partial charge in [-0.1, -0.05) is 6.42 Å². The Morgan fingerprint density at radius 2 is 2.21 bits per heavy atom. The van der Waals surface area contributed by atoms with Crippen LogP contribution in [0.5, 0.6) is 0 Å². The molecule has 0 saturated heterocycles. The van der Waals surface area contributed by atoms with E-state index in [0.29, 0.717) is 12.6 Å². The molecule has 0 amide bonds. The van der Waals surface area contributed by atoms with Gasteiger partial charge in [0.1, 0.15) is 5.60 Å². The van der Waals surface area contributed by atoms with Crippen molar-refractivity contribution in [3.05, 3.63) is 23.3 Å². The van der Waals surface area contributed by atoms with Crippen molar-refractivity contribution in [3.63, 3.8) is 0 Å². The van der Waals surface area contributed by atoms with Crippen molar-refractivity contribution in [3.8, 4) is 0 Å². The number of hydrogen-bond acceptors (Lipinski definition) is 4. The first-order valence-corrected chi connectivity index (χ1v) is 7.26. The van der Waals surface area contributed by atoms with Crippen LogP contribution >= 0.6 is 0 Å². The average molecular weight is 263 g/mol. The van der Waals surface area contributed by atoms with Crippen molar-refractivity contribution in [1.29, 1.82) is 0 Å². The fraction of sp³-hybridized carbons (Fsp3) is 0.733. The molecule has 1 aromatic heterocycles. The Kier molecular flexibility index (Phi) is 4.53. The van der Waals surface area contributed by atoms with Crippen LogP contribution in [0.25, 0.3) is 0 Å². The van der Waals surface area contributed by atoms with Crippen LogP contribution < -0.4 is 5.32 Å². The van der Waals surface area contributed by atoms with Crippen molar-refractivity contribution in [2.45, 2.75) is 58.1 Å². The minimum atomic E-state index is -0.411. The highest BCUT2D eigenvalue weighted by atomic mass is 16.5. The summed E-state index contributed by atoms with van der Waals surface area (Å²) in [6, 6.07) is 0.391. The van der Waals surface area contributed by atoms with Crippen LogP contribution in [0.3, 0.4) is 0 Å². The van der Waals surface area contributed by atoms with E-state index in [0.717, 1.165) is 12.2 Å². The van der Waals surface area contributed by atoms with Crippen LogP contribution in [-0.4, -0.2) is 23.6 Å². The van der Waals surface area contributed by atoms with Gasteiger partial charge in [-0.15, -0.1) is 0 Å². The lowest BCUT2D eigenvalue weighted by molar-refractivity contribution is -0.0210. The summed E-state index contributed by atoms with van der Waals surface area (Å²) in [5, 5.41) is 3.37. The molecule has 1 atom stereocenters. The molecular weight excluding hydrogens is 238 g/mol. The molecule has 1 aromatic rings. The molecule has 2 rings (SSSR count). The molecule has 1 heterocycles. The molecule has 0 aliphatic heterocycles. The zero-order valence-corrected chi connectivity index (χ0v) is 12.5. The van der Waals surface area contributed by atoms with Crippen molar-refractivity contribution < 1.29 is 4.74 Å². The number of aromatic nitrogens is 2. The third kappa shape index (κ3) is 3.12. The summed E-state index contributed by atoms with van der Waals surface area (Å²) in [4.78, 5) is 9.33. The molecule has 0 bridgehead atoms. The van der Waals surface area contributed by atoms with Crippen molar-refractivity contribution in [2.75, 3.05) is 13.7 Å². The van der Waals surface area contributed by atoms with Crippen LogP contribution in [0.1, 0.15) is 63.2 Å². The lowest BCUT2D eigenvalue weighted by Gasteiger charge is -2.24. The first kappa shape index (κ1) is 14.4. The van der Waals surface area contributed by atoms with Gasteiger partial charge in [-0.25, -0.2) is 9.97 Å². The third-order valence-corrected chi connectivity index (χ3v) is 3.82. The summed E-state index contributed by atoms with van der Waals surface area (Å²) < 4.78 is 5.75. The van der Waals surface area contributed by atoms with Gasteiger partial charge in [0.2, 0.25) is 0 Å². The summed E-state index contributed by atoms with van der Waals surface area (Å²) >= 11 is 0. The largest absolute Gasteiger partial charge is 0.368 e. The maximum absolute atomic E-state index is 5.75. The SMILES string of the molecule is CCOC(C)(C)c1ncc2c(n1)CCCCC2NC. The number of rotatable bonds is 4. The number of nitrogens with zero attached hydrogens (tertiary/aromatic N) is 2. The fourth-order valence-electron chi connectivity index (χ4n) is 2.73. The molecule has 106 valence electrons. The number of aryl methyl sites for hydroxylation is 1. The highest BCUT2D eigenvalue weighted by molar-refractivity contribution is 5.24. The van der Waals surface area contributed by atoms with Crippen molar-refractivity contribution in [1.82, 2.24) is 15.3 Å². The molecule has 1 unspecified atom stereocenters. The van der Waals surface area contributed by atoms with Gasteiger partial charge in [0.15, 0.2) is 5.82 Å². The molecule has 0 spiro atoms. The maximum atomic E-state index is 5.75. The van der Waals surface area contributed by atoms with E-state index in [1.165, 1.54) is 30.5 Å². The summed E-state index contributed by atoms with van der Waals surface area (Å²) in [5.74, 6) is 0.796. The van der Waals surface area contributed by atoms with E-state index in [4.69, 9.17) is 9.72 Å². The Labute approximate surface area is 116 Å². The Bertz CT molecular complexity index is 431. The molecule has 0 fully saturated rings. The molecule has 1 aliphatic carbocycles. The van der Waals surface area contributed by atoms with Gasteiger partial charge in [-0.2, -0.15) is 0 Å².